The fraction of sp³-hybridized carbons (Fsp3) is 0.0476. The molecule has 152 valence electrons. The predicted octanol–water partition coefficient (Wildman–Crippen LogP) is 3.79. The molecule has 0 radical (unpaired) electrons. The largest absolute Gasteiger partial charge is 0.364 e. The Labute approximate surface area is 178 Å². The van der Waals surface area contributed by atoms with Gasteiger partial charge in [0.2, 0.25) is 0 Å². The van der Waals surface area contributed by atoms with Gasteiger partial charge in [-0.3, -0.25) is 14.5 Å². The van der Waals surface area contributed by atoms with Crippen LogP contribution in [0, 0.1) is 0 Å². The van der Waals surface area contributed by atoms with Crippen molar-refractivity contribution in [2.45, 2.75) is 4.90 Å². The van der Waals surface area contributed by atoms with Crippen molar-refractivity contribution in [3.63, 3.8) is 0 Å². The summed E-state index contributed by atoms with van der Waals surface area (Å²) in [5.74, 6) is -0.713. The SMILES string of the molecule is Cn1cc(S(=O)(=O)Nc2ccc(Cl)c(-c3nccc4ccccc34)c2)cc1C(N)=O. The maximum absolute atomic E-state index is 12.8. The number of pyridine rings is 1. The highest BCUT2D eigenvalue weighted by Gasteiger charge is 2.20. The lowest BCUT2D eigenvalue weighted by Crippen LogP contribution is -2.14. The summed E-state index contributed by atoms with van der Waals surface area (Å²) >= 11 is 6.41. The van der Waals surface area contributed by atoms with E-state index in [1.54, 1.807) is 31.4 Å². The summed E-state index contributed by atoms with van der Waals surface area (Å²) in [5.41, 5.74) is 6.92. The van der Waals surface area contributed by atoms with Gasteiger partial charge < -0.3 is 10.3 Å². The number of carbonyl (C=O) groups excluding carboxylic acids is 1. The van der Waals surface area contributed by atoms with E-state index in [0.717, 1.165) is 10.8 Å². The number of nitrogens with two attached hydrogens (primary N) is 1. The number of aromatic nitrogens is 2. The van der Waals surface area contributed by atoms with E-state index in [2.05, 4.69) is 9.71 Å². The predicted molar refractivity (Wildman–Crippen MR) is 117 cm³/mol. The van der Waals surface area contributed by atoms with E-state index in [0.29, 0.717) is 22.0 Å². The van der Waals surface area contributed by atoms with Crippen molar-refractivity contribution >= 4 is 44.0 Å². The van der Waals surface area contributed by atoms with Crippen LogP contribution in [0.3, 0.4) is 0 Å². The fourth-order valence-electron chi connectivity index (χ4n) is 3.24. The molecule has 0 aliphatic rings. The van der Waals surface area contributed by atoms with Crippen LogP contribution in [-0.4, -0.2) is 23.9 Å². The third kappa shape index (κ3) is 3.62. The Balaban J connectivity index is 1.75. The number of rotatable bonds is 5. The van der Waals surface area contributed by atoms with E-state index in [-0.39, 0.29) is 10.6 Å². The number of nitrogens with zero attached hydrogens (tertiary/aromatic N) is 2. The zero-order valence-corrected chi connectivity index (χ0v) is 17.4. The standard InChI is InChI=1S/C21H17ClN4O3S/c1-26-12-15(11-19(26)21(23)27)30(28,29)25-14-6-7-18(22)17(10-14)20-16-5-3-2-4-13(16)8-9-24-20/h2-12,25H,1H3,(H2,23,27). The summed E-state index contributed by atoms with van der Waals surface area (Å²) in [6.07, 6.45) is 3.01. The number of aryl methyl sites for hydroxylation is 1. The second-order valence-electron chi connectivity index (χ2n) is 6.72. The second kappa shape index (κ2) is 7.47. The molecule has 9 heteroatoms. The van der Waals surface area contributed by atoms with Crippen LogP contribution in [0.25, 0.3) is 22.0 Å². The molecule has 2 aromatic heterocycles. The highest BCUT2D eigenvalue weighted by atomic mass is 35.5. The lowest BCUT2D eigenvalue weighted by molar-refractivity contribution is 0.0992. The van der Waals surface area contributed by atoms with E-state index >= 15 is 0 Å². The van der Waals surface area contributed by atoms with Crippen molar-refractivity contribution in [3.8, 4) is 11.3 Å². The molecule has 0 fully saturated rings. The fourth-order valence-corrected chi connectivity index (χ4v) is 4.57. The summed E-state index contributed by atoms with van der Waals surface area (Å²) in [6, 6.07) is 15.7. The highest BCUT2D eigenvalue weighted by molar-refractivity contribution is 7.92. The molecule has 7 nitrogen and oxygen atoms in total. The minimum atomic E-state index is -3.94. The van der Waals surface area contributed by atoms with E-state index in [1.807, 2.05) is 30.3 Å². The lowest BCUT2D eigenvalue weighted by Gasteiger charge is -2.11. The van der Waals surface area contributed by atoms with Gasteiger partial charge in [-0.25, -0.2) is 8.42 Å². The zero-order chi connectivity index (χ0) is 21.5. The van der Waals surface area contributed by atoms with Gasteiger partial charge >= 0.3 is 0 Å². The van der Waals surface area contributed by atoms with Gasteiger partial charge in [-0.15, -0.1) is 0 Å². The Bertz CT molecular complexity index is 1390. The van der Waals surface area contributed by atoms with Crippen LogP contribution >= 0.6 is 11.6 Å². The number of carbonyl (C=O) groups is 1. The summed E-state index contributed by atoms with van der Waals surface area (Å²) < 4.78 is 29.5. The number of sulfonamides is 1. The molecule has 4 aromatic rings. The molecule has 0 aliphatic heterocycles. The molecule has 0 atom stereocenters. The van der Waals surface area contributed by atoms with Crippen LogP contribution in [-0.2, 0) is 17.1 Å². The van der Waals surface area contributed by atoms with E-state index in [4.69, 9.17) is 17.3 Å². The number of anilines is 1. The van der Waals surface area contributed by atoms with Crippen molar-refractivity contribution in [3.05, 3.63) is 77.7 Å². The molecule has 1 amide bonds. The summed E-state index contributed by atoms with van der Waals surface area (Å²) in [7, 11) is -2.40. The minimum Gasteiger partial charge on any atom is -0.364 e. The quantitative estimate of drug-likeness (QED) is 0.492. The Morgan fingerprint density at radius 2 is 1.90 bits per heavy atom. The average Bonchev–Trinajstić information content (AvgIpc) is 3.12. The number of nitrogens with one attached hydrogen (secondary N) is 1. The van der Waals surface area contributed by atoms with Gasteiger partial charge in [-0.05, 0) is 35.7 Å². The number of primary amides is 1. The van der Waals surface area contributed by atoms with Gasteiger partial charge in [0.05, 0.1) is 10.7 Å². The van der Waals surface area contributed by atoms with Gasteiger partial charge in [0.25, 0.3) is 15.9 Å². The van der Waals surface area contributed by atoms with Gasteiger partial charge in [-0.2, -0.15) is 0 Å². The maximum atomic E-state index is 12.8. The van der Waals surface area contributed by atoms with Gasteiger partial charge in [0, 0.05) is 36.1 Å². The second-order valence-corrected chi connectivity index (χ2v) is 8.81. The van der Waals surface area contributed by atoms with Crippen molar-refractivity contribution in [2.75, 3.05) is 4.72 Å². The summed E-state index contributed by atoms with van der Waals surface area (Å²) in [4.78, 5) is 15.8. The number of fused-ring (bicyclic) bond motifs is 1. The lowest BCUT2D eigenvalue weighted by atomic mass is 10.0. The van der Waals surface area contributed by atoms with Crippen molar-refractivity contribution < 1.29 is 13.2 Å². The number of benzene rings is 2. The van der Waals surface area contributed by atoms with Crippen LogP contribution < -0.4 is 10.5 Å². The average molecular weight is 441 g/mol. The molecule has 0 unspecified atom stereocenters. The topological polar surface area (TPSA) is 107 Å². The molecule has 2 heterocycles. The van der Waals surface area contributed by atoms with E-state index < -0.39 is 15.9 Å². The van der Waals surface area contributed by atoms with Crippen molar-refractivity contribution in [2.24, 2.45) is 12.8 Å². The molecule has 0 saturated carbocycles. The van der Waals surface area contributed by atoms with Crippen LogP contribution in [0.15, 0.2) is 71.9 Å². The molecule has 4 rings (SSSR count). The minimum absolute atomic E-state index is 0.0708. The highest BCUT2D eigenvalue weighted by Crippen LogP contribution is 2.34. The monoisotopic (exact) mass is 440 g/mol. The normalized spacial score (nSPS) is 11.5. The first kappa shape index (κ1) is 19.9. The molecule has 2 aromatic carbocycles. The molecule has 0 saturated heterocycles. The number of hydrogen-bond donors (Lipinski definition) is 2. The molecule has 0 bridgehead atoms. The van der Waals surface area contributed by atoms with E-state index in [9.17, 15) is 13.2 Å². The van der Waals surface area contributed by atoms with Crippen LogP contribution in [0.5, 0.6) is 0 Å². The molecule has 0 aliphatic carbocycles. The first-order chi connectivity index (χ1) is 14.3. The molecule has 0 spiro atoms. The Morgan fingerprint density at radius 3 is 2.63 bits per heavy atom. The Morgan fingerprint density at radius 1 is 1.13 bits per heavy atom. The van der Waals surface area contributed by atoms with Crippen molar-refractivity contribution in [1.29, 1.82) is 0 Å². The molecular weight excluding hydrogens is 424 g/mol. The third-order valence-corrected chi connectivity index (χ3v) is 6.37. The first-order valence-electron chi connectivity index (χ1n) is 8.89. The third-order valence-electron chi connectivity index (χ3n) is 4.69. The Kier molecular flexibility index (Phi) is 4.97. The summed E-state index contributed by atoms with van der Waals surface area (Å²) in [6.45, 7) is 0. The first-order valence-corrected chi connectivity index (χ1v) is 10.7. The number of hydrogen-bond acceptors (Lipinski definition) is 4. The van der Waals surface area contributed by atoms with E-state index in [1.165, 1.54) is 16.8 Å². The number of halogens is 1. The zero-order valence-electron chi connectivity index (χ0n) is 15.8. The molecule has 30 heavy (non-hydrogen) atoms. The maximum Gasteiger partial charge on any atom is 0.265 e. The van der Waals surface area contributed by atoms with Gasteiger partial charge in [0.1, 0.15) is 10.6 Å². The summed E-state index contributed by atoms with van der Waals surface area (Å²) in [5, 5.41) is 2.33. The number of amides is 1. The smallest absolute Gasteiger partial charge is 0.265 e. The van der Waals surface area contributed by atoms with Gasteiger partial charge in [-0.1, -0.05) is 35.9 Å². The molecular formula is C21H17ClN4O3S. The molecule has 3 N–H and O–H groups in total. The van der Waals surface area contributed by atoms with Gasteiger partial charge in [0.15, 0.2) is 0 Å². The van der Waals surface area contributed by atoms with Crippen LogP contribution in [0.1, 0.15) is 10.5 Å². The Hall–Kier alpha value is -3.36. The van der Waals surface area contributed by atoms with Crippen LogP contribution in [0.4, 0.5) is 5.69 Å². The van der Waals surface area contributed by atoms with Crippen molar-refractivity contribution in [1.82, 2.24) is 9.55 Å². The van der Waals surface area contributed by atoms with Crippen LogP contribution in [0.2, 0.25) is 5.02 Å².